The first-order valence-electron chi connectivity index (χ1n) is 11.3. The number of aromatic hydroxyl groups is 1. The maximum absolute atomic E-state index is 10.9. The van der Waals surface area contributed by atoms with E-state index in [0.29, 0.717) is 24.3 Å². The molecule has 0 fully saturated rings. The summed E-state index contributed by atoms with van der Waals surface area (Å²) in [7, 11) is 1.64. The Kier molecular flexibility index (Phi) is 5.75. The molecule has 0 aliphatic carbocycles. The van der Waals surface area contributed by atoms with Gasteiger partial charge in [0.25, 0.3) is 4.84 Å². The quantitative estimate of drug-likeness (QED) is 0.261. The van der Waals surface area contributed by atoms with Gasteiger partial charge in [0.1, 0.15) is 5.75 Å². The molecule has 0 unspecified atom stereocenters. The minimum absolute atomic E-state index is 0.000375. The lowest BCUT2D eigenvalue weighted by Gasteiger charge is -2.07. The van der Waals surface area contributed by atoms with Crippen molar-refractivity contribution in [2.45, 2.75) is 26.4 Å². The Morgan fingerprint density at radius 2 is 1.74 bits per heavy atom. The average molecular weight is 471 g/mol. The number of benzene rings is 3. The van der Waals surface area contributed by atoms with Gasteiger partial charge in [-0.1, -0.05) is 43.0 Å². The van der Waals surface area contributed by atoms with Crippen LogP contribution < -0.4 is 4.74 Å². The number of para-hydroxylation sites is 1. The summed E-state index contributed by atoms with van der Waals surface area (Å²) in [6.45, 7) is 7.76. The van der Waals surface area contributed by atoms with Gasteiger partial charge in [-0.25, -0.2) is 0 Å². The lowest BCUT2D eigenvalue weighted by atomic mass is 10.0. The molecule has 0 spiro atoms. The Labute approximate surface area is 203 Å². The molecule has 0 amide bonds. The zero-order valence-electron chi connectivity index (χ0n) is 19.2. The number of nitrogens with zero attached hydrogens (tertiary/aromatic N) is 2. The average Bonchev–Trinajstić information content (AvgIpc) is 3.35. The number of hydrogen-bond donors (Lipinski definition) is 1. The van der Waals surface area contributed by atoms with E-state index in [0.717, 1.165) is 28.8 Å². The van der Waals surface area contributed by atoms with E-state index in [-0.39, 0.29) is 10.7 Å². The van der Waals surface area contributed by atoms with E-state index in [1.165, 1.54) is 16.4 Å². The molecular formula is C28H26N2O3S. The Hall–Kier alpha value is -3.77. The Morgan fingerprint density at radius 1 is 1.00 bits per heavy atom. The van der Waals surface area contributed by atoms with Gasteiger partial charge < -0.3 is 18.8 Å². The van der Waals surface area contributed by atoms with Gasteiger partial charge in [0.15, 0.2) is 5.76 Å². The third-order valence-corrected chi connectivity index (χ3v) is 6.67. The fourth-order valence-electron chi connectivity index (χ4n) is 4.54. The minimum Gasteiger partial charge on any atom is -0.497 e. The van der Waals surface area contributed by atoms with E-state index in [9.17, 15) is 5.11 Å². The topological polar surface area (TPSA) is 52.5 Å². The lowest BCUT2D eigenvalue weighted by molar-refractivity contribution is 0.412. The van der Waals surface area contributed by atoms with Crippen LogP contribution in [0.5, 0.6) is 11.6 Å². The number of aryl methyl sites for hydroxylation is 2. The second kappa shape index (κ2) is 8.88. The molecule has 5 rings (SSSR count). The molecule has 0 saturated heterocycles. The van der Waals surface area contributed by atoms with Gasteiger partial charge in [0.05, 0.1) is 7.11 Å². The highest BCUT2D eigenvalue weighted by Crippen LogP contribution is 2.35. The highest BCUT2D eigenvalue weighted by atomic mass is 32.1. The van der Waals surface area contributed by atoms with Crippen molar-refractivity contribution >= 4 is 39.6 Å². The van der Waals surface area contributed by atoms with Gasteiger partial charge in [0, 0.05) is 40.5 Å². The monoisotopic (exact) mass is 470 g/mol. The highest BCUT2D eigenvalue weighted by molar-refractivity contribution is 7.71. The van der Waals surface area contributed by atoms with Crippen molar-refractivity contribution in [2.24, 2.45) is 0 Å². The second-order valence-electron chi connectivity index (χ2n) is 8.24. The molecule has 2 heterocycles. The first-order valence-corrected chi connectivity index (χ1v) is 11.7. The zero-order chi connectivity index (χ0) is 23.8. The van der Waals surface area contributed by atoms with E-state index < -0.39 is 0 Å². The molecule has 0 aliphatic rings. The number of hydrogen-bond acceptors (Lipinski definition) is 4. The summed E-state index contributed by atoms with van der Waals surface area (Å²) in [6, 6.07) is 22.5. The molecule has 0 bridgehead atoms. The number of oxazole rings is 1. The third kappa shape index (κ3) is 3.70. The van der Waals surface area contributed by atoms with Crippen LogP contribution in [0.1, 0.15) is 23.8 Å². The molecule has 3 aromatic carbocycles. The summed E-state index contributed by atoms with van der Waals surface area (Å²) in [6.07, 6.45) is 0.694. The van der Waals surface area contributed by atoms with Crippen molar-refractivity contribution < 1.29 is 14.3 Å². The minimum atomic E-state index is -0.000375. The number of methoxy groups -OCH3 is 1. The predicted octanol–water partition coefficient (Wildman–Crippen LogP) is 6.96. The SMILES string of the molecule is C=C(c1ccc2c(c1)c1ccccc1n2CC)c1oc(=S)n(CCc2ccc(OC)cc2)c1O. The molecular weight excluding hydrogens is 444 g/mol. The molecule has 34 heavy (non-hydrogen) atoms. The van der Waals surface area contributed by atoms with Crippen LogP contribution >= 0.6 is 12.2 Å². The van der Waals surface area contributed by atoms with Gasteiger partial charge in [-0.05, 0) is 67.0 Å². The van der Waals surface area contributed by atoms with Crippen molar-refractivity contribution in [1.29, 1.82) is 0 Å². The summed E-state index contributed by atoms with van der Waals surface area (Å²) in [5, 5.41) is 13.3. The summed E-state index contributed by atoms with van der Waals surface area (Å²) in [5.74, 6) is 1.11. The van der Waals surface area contributed by atoms with Crippen LogP contribution in [0.25, 0.3) is 27.4 Å². The Bertz CT molecular complexity index is 1570. The number of fused-ring (bicyclic) bond motifs is 3. The van der Waals surface area contributed by atoms with E-state index in [2.05, 4.69) is 54.5 Å². The van der Waals surface area contributed by atoms with Crippen LogP contribution in [0.3, 0.4) is 0 Å². The lowest BCUT2D eigenvalue weighted by Crippen LogP contribution is -2.01. The molecule has 1 N–H and O–H groups in total. The van der Waals surface area contributed by atoms with Gasteiger partial charge in [-0.15, -0.1) is 0 Å². The number of ether oxygens (including phenoxy) is 1. The van der Waals surface area contributed by atoms with Crippen molar-refractivity contribution in [2.75, 3.05) is 7.11 Å². The normalized spacial score (nSPS) is 11.4. The van der Waals surface area contributed by atoms with E-state index in [1.54, 1.807) is 11.7 Å². The van der Waals surface area contributed by atoms with Crippen molar-refractivity contribution in [1.82, 2.24) is 9.13 Å². The maximum atomic E-state index is 10.9. The first-order chi connectivity index (χ1) is 16.5. The van der Waals surface area contributed by atoms with Crippen LogP contribution in [0, 0.1) is 4.84 Å². The van der Waals surface area contributed by atoms with Crippen molar-refractivity contribution in [3.8, 4) is 11.6 Å². The van der Waals surface area contributed by atoms with Gasteiger partial charge >= 0.3 is 0 Å². The molecule has 2 aromatic heterocycles. The zero-order valence-corrected chi connectivity index (χ0v) is 20.1. The fraction of sp³-hybridized carbons (Fsp3) is 0.179. The molecule has 6 heteroatoms. The van der Waals surface area contributed by atoms with E-state index in [4.69, 9.17) is 21.4 Å². The van der Waals surface area contributed by atoms with Crippen LogP contribution in [0.2, 0.25) is 0 Å². The highest BCUT2D eigenvalue weighted by Gasteiger charge is 2.19. The van der Waals surface area contributed by atoms with Crippen molar-refractivity contribution in [3.05, 3.63) is 95.0 Å². The molecule has 0 saturated carbocycles. The summed E-state index contributed by atoms with van der Waals surface area (Å²) >= 11 is 5.42. The Morgan fingerprint density at radius 3 is 2.47 bits per heavy atom. The van der Waals surface area contributed by atoms with Crippen LogP contribution in [-0.4, -0.2) is 21.4 Å². The Balaban J connectivity index is 1.46. The van der Waals surface area contributed by atoms with Crippen molar-refractivity contribution in [3.63, 3.8) is 0 Å². The smallest absolute Gasteiger partial charge is 0.272 e. The third-order valence-electron chi connectivity index (χ3n) is 6.36. The molecule has 172 valence electrons. The van der Waals surface area contributed by atoms with Crippen LogP contribution in [0.15, 0.2) is 77.7 Å². The van der Waals surface area contributed by atoms with Crippen LogP contribution in [0.4, 0.5) is 0 Å². The predicted molar refractivity (Wildman–Crippen MR) is 139 cm³/mol. The summed E-state index contributed by atoms with van der Waals surface area (Å²) < 4.78 is 14.9. The first kappa shape index (κ1) is 22.0. The summed E-state index contributed by atoms with van der Waals surface area (Å²) in [4.78, 5) is 0.228. The molecule has 0 atom stereocenters. The van der Waals surface area contributed by atoms with Gasteiger partial charge in [0.2, 0.25) is 5.88 Å². The maximum Gasteiger partial charge on any atom is 0.272 e. The number of rotatable bonds is 7. The molecule has 0 radical (unpaired) electrons. The molecule has 5 nitrogen and oxygen atoms in total. The molecule has 0 aliphatic heterocycles. The van der Waals surface area contributed by atoms with E-state index in [1.807, 2.05) is 30.3 Å². The van der Waals surface area contributed by atoms with Gasteiger partial charge in [-0.2, -0.15) is 0 Å². The van der Waals surface area contributed by atoms with E-state index >= 15 is 0 Å². The molecule has 5 aromatic rings. The number of aromatic nitrogens is 2. The van der Waals surface area contributed by atoms with Crippen LogP contribution in [-0.2, 0) is 19.5 Å². The second-order valence-corrected chi connectivity index (χ2v) is 8.59. The fourth-order valence-corrected chi connectivity index (χ4v) is 4.80. The van der Waals surface area contributed by atoms with Gasteiger partial charge in [-0.3, -0.25) is 4.57 Å². The largest absolute Gasteiger partial charge is 0.497 e. The summed E-state index contributed by atoms with van der Waals surface area (Å²) in [5.41, 5.74) is 4.96. The standard InChI is InChI=1S/C28H26N2O3S/c1-4-29-24-8-6-5-7-22(24)23-17-20(11-14-25(23)29)18(2)26-27(31)30(28(34)33-26)16-15-19-9-12-21(32-3)13-10-19/h5-14,17,31H,2,4,15-16H2,1,3H3.